The highest BCUT2D eigenvalue weighted by Crippen LogP contribution is 2.27. The molecule has 26 heavy (non-hydrogen) atoms. The van der Waals surface area contributed by atoms with Crippen LogP contribution in [0.2, 0.25) is 5.02 Å². The molecule has 0 aliphatic heterocycles. The number of rotatable bonds is 7. The van der Waals surface area contributed by atoms with Gasteiger partial charge in [0.1, 0.15) is 10.8 Å². The van der Waals surface area contributed by atoms with Crippen molar-refractivity contribution >= 4 is 46.2 Å². The predicted octanol–water partition coefficient (Wildman–Crippen LogP) is 3.92. The van der Waals surface area contributed by atoms with E-state index in [4.69, 9.17) is 28.6 Å². The molecule has 0 atom stereocenters. The van der Waals surface area contributed by atoms with Gasteiger partial charge in [-0.25, -0.2) is 0 Å². The third-order valence-electron chi connectivity index (χ3n) is 3.21. The van der Waals surface area contributed by atoms with Crippen LogP contribution in [0.5, 0.6) is 5.75 Å². The van der Waals surface area contributed by atoms with Crippen molar-refractivity contribution in [2.75, 3.05) is 11.9 Å². The number of benzene rings is 2. The van der Waals surface area contributed by atoms with Crippen molar-refractivity contribution in [1.82, 2.24) is 5.32 Å². The fraction of sp³-hybridized carbons (Fsp3) is 0.176. The first-order valence-corrected chi connectivity index (χ1v) is 8.47. The molecule has 0 fully saturated rings. The van der Waals surface area contributed by atoms with Crippen LogP contribution in [-0.4, -0.2) is 22.5 Å². The van der Waals surface area contributed by atoms with Crippen LogP contribution in [0.4, 0.5) is 11.4 Å². The van der Waals surface area contributed by atoms with Crippen molar-refractivity contribution in [3.8, 4) is 5.75 Å². The lowest BCUT2D eigenvalue weighted by Gasteiger charge is -2.10. The maximum atomic E-state index is 11.9. The summed E-state index contributed by atoms with van der Waals surface area (Å²) >= 11 is 10.8. The Kier molecular flexibility index (Phi) is 7.31. The number of nitro groups is 1. The van der Waals surface area contributed by atoms with Gasteiger partial charge in [0.2, 0.25) is 5.91 Å². The Bertz CT molecular complexity index is 802. The molecule has 136 valence electrons. The average molecular weight is 394 g/mol. The summed E-state index contributed by atoms with van der Waals surface area (Å²) < 4.78 is 5.50. The van der Waals surface area contributed by atoms with Crippen molar-refractivity contribution in [2.24, 2.45) is 0 Å². The van der Waals surface area contributed by atoms with Crippen molar-refractivity contribution in [3.63, 3.8) is 0 Å². The Labute approximate surface area is 160 Å². The van der Waals surface area contributed by atoms with E-state index < -0.39 is 4.92 Å². The molecule has 1 amide bonds. The van der Waals surface area contributed by atoms with Gasteiger partial charge in [-0.3, -0.25) is 14.9 Å². The maximum Gasteiger partial charge on any atom is 0.289 e. The molecule has 0 bridgehead atoms. The van der Waals surface area contributed by atoms with Crippen LogP contribution in [0.25, 0.3) is 0 Å². The number of thiocarbonyl (C=S) groups is 1. The molecule has 0 aliphatic rings. The fourth-order valence-corrected chi connectivity index (χ4v) is 2.44. The number of hydrogen-bond acceptors (Lipinski definition) is 5. The van der Waals surface area contributed by atoms with Gasteiger partial charge in [-0.1, -0.05) is 29.8 Å². The maximum absolute atomic E-state index is 11.9. The first-order valence-electron chi connectivity index (χ1n) is 7.68. The highest BCUT2D eigenvalue weighted by Gasteiger charge is 2.13. The van der Waals surface area contributed by atoms with E-state index in [1.165, 1.54) is 18.2 Å². The van der Waals surface area contributed by atoms with Gasteiger partial charge in [0.15, 0.2) is 5.11 Å². The SMILES string of the molecule is O=C(CCCOc1ccccc1)NC(=S)Nc1ccc(Cl)c([N+](=O)[O-])c1. The Balaban J connectivity index is 1.74. The van der Waals surface area contributed by atoms with E-state index in [-0.39, 0.29) is 28.2 Å². The van der Waals surface area contributed by atoms with Gasteiger partial charge in [-0.2, -0.15) is 0 Å². The van der Waals surface area contributed by atoms with E-state index >= 15 is 0 Å². The minimum Gasteiger partial charge on any atom is -0.494 e. The van der Waals surface area contributed by atoms with E-state index in [0.29, 0.717) is 18.7 Å². The number of carbonyl (C=O) groups excluding carboxylic acids is 1. The number of nitro benzene ring substituents is 1. The summed E-state index contributed by atoms with van der Waals surface area (Å²) in [6, 6.07) is 13.5. The topological polar surface area (TPSA) is 93.5 Å². The quantitative estimate of drug-likeness (QED) is 0.320. The summed E-state index contributed by atoms with van der Waals surface area (Å²) in [6.07, 6.45) is 0.755. The Morgan fingerprint density at radius 3 is 2.65 bits per heavy atom. The molecule has 0 heterocycles. The molecular formula is C17H16ClN3O4S. The summed E-state index contributed by atoms with van der Waals surface area (Å²) in [6.45, 7) is 0.404. The minimum atomic E-state index is -0.595. The molecule has 9 heteroatoms. The van der Waals surface area contributed by atoms with Crippen LogP contribution in [0, 0.1) is 10.1 Å². The lowest BCUT2D eigenvalue weighted by molar-refractivity contribution is -0.384. The minimum absolute atomic E-state index is 0.0221. The third-order valence-corrected chi connectivity index (χ3v) is 3.74. The van der Waals surface area contributed by atoms with Gasteiger partial charge in [-0.05, 0) is 42.9 Å². The molecule has 0 aliphatic carbocycles. The zero-order valence-electron chi connectivity index (χ0n) is 13.6. The van der Waals surface area contributed by atoms with E-state index in [9.17, 15) is 14.9 Å². The van der Waals surface area contributed by atoms with E-state index in [2.05, 4.69) is 10.6 Å². The predicted molar refractivity (Wildman–Crippen MR) is 104 cm³/mol. The lowest BCUT2D eigenvalue weighted by Crippen LogP contribution is -2.34. The highest BCUT2D eigenvalue weighted by molar-refractivity contribution is 7.80. The van der Waals surface area contributed by atoms with Crippen molar-refractivity contribution < 1.29 is 14.5 Å². The van der Waals surface area contributed by atoms with Gasteiger partial charge >= 0.3 is 0 Å². The molecule has 0 aromatic heterocycles. The standard InChI is InChI=1S/C17H16ClN3O4S/c18-14-9-8-12(11-15(14)21(23)24)19-17(26)20-16(22)7-4-10-25-13-5-2-1-3-6-13/h1-3,5-6,8-9,11H,4,7,10H2,(H2,19,20,22,26). The molecule has 0 unspecified atom stereocenters. The number of para-hydroxylation sites is 1. The van der Waals surface area contributed by atoms with Crippen LogP contribution in [0.15, 0.2) is 48.5 Å². The molecular weight excluding hydrogens is 378 g/mol. The molecule has 2 aromatic rings. The monoisotopic (exact) mass is 393 g/mol. The Hall–Kier alpha value is -2.71. The van der Waals surface area contributed by atoms with Gasteiger partial charge in [-0.15, -0.1) is 0 Å². The van der Waals surface area contributed by atoms with Gasteiger partial charge < -0.3 is 15.4 Å². The molecule has 0 saturated heterocycles. The molecule has 2 rings (SSSR count). The van der Waals surface area contributed by atoms with E-state index in [1.54, 1.807) is 0 Å². The number of amides is 1. The zero-order chi connectivity index (χ0) is 18.9. The summed E-state index contributed by atoms with van der Waals surface area (Å²) in [5, 5.41) is 16.2. The van der Waals surface area contributed by atoms with Gasteiger partial charge in [0.05, 0.1) is 11.5 Å². The molecule has 2 aromatic carbocycles. The smallest absolute Gasteiger partial charge is 0.289 e. The summed E-state index contributed by atoms with van der Waals surface area (Å²) in [5.41, 5.74) is 0.114. The van der Waals surface area contributed by atoms with Gasteiger partial charge in [0, 0.05) is 18.2 Å². The second-order valence-corrected chi connectivity index (χ2v) is 6.01. The molecule has 0 spiro atoms. The van der Waals surface area contributed by atoms with Crippen molar-refractivity contribution in [1.29, 1.82) is 0 Å². The molecule has 0 radical (unpaired) electrons. The largest absolute Gasteiger partial charge is 0.494 e. The first-order chi connectivity index (χ1) is 12.5. The second-order valence-electron chi connectivity index (χ2n) is 5.19. The van der Waals surface area contributed by atoms with Crippen LogP contribution in [-0.2, 0) is 4.79 Å². The Morgan fingerprint density at radius 1 is 1.23 bits per heavy atom. The number of hydrogen-bond donors (Lipinski definition) is 2. The summed E-state index contributed by atoms with van der Waals surface area (Å²) in [5.74, 6) is 0.469. The number of nitrogens with zero attached hydrogens (tertiary/aromatic N) is 1. The van der Waals surface area contributed by atoms with Crippen molar-refractivity contribution in [2.45, 2.75) is 12.8 Å². The molecule has 2 N–H and O–H groups in total. The number of halogens is 1. The summed E-state index contributed by atoms with van der Waals surface area (Å²) in [4.78, 5) is 22.1. The summed E-state index contributed by atoms with van der Waals surface area (Å²) in [7, 11) is 0. The normalized spacial score (nSPS) is 10.0. The number of ether oxygens (including phenoxy) is 1. The number of anilines is 1. The molecule has 7 nitrogen and oxygen atoms in total. The second kappa shape index (κ2) is 9.69. The average Bonchev–Trinajstić information content (AvgIpc) is 2.61. The van der Waals surface area contributed by atoms with Crippen molar-refractivity contribution in [3.05, 3.63) is 63.7 Å². The molecule has 0 saturated carbocycles. The van der Waals surface area contributed by atoms with Crippen LogP contribution >= 0.6 is 23.8 Å². The van der Waals surface area contributed by atoms with E-state index in [0.717, 1.165) is 5.75 Å². The number of carbonyl (C=O) groups is 1. The van der Waals surface area contributed by atoms with Gasteiger partial charge in [0.25, 0.3) is 5.69 Å². The fourth-order valence-electron chi connectivity index (χ4n) is 2.02. The lowest BCUT2D eigenvalue weighted by atomic mass is 10.3. The van der Waals surface area contributed by atoms with Crippen LogP contribution < -0.4 is 15.4 Å². The highest BCUT2D eigenvalue weighted by atomic mass is 35.5. The first kappa shape index (κ1) is 19.6. The van der Waals surface area contributed by atoms with Crippen LogP contribution in [0.1, 0.15) is 12.8 Å². The van der Waals surface area contributed by atoms with E-state index in [1.807, 2.05) is 30.3 Å². The third kappa shape index (κ3) is 6.30. The van der Waals surface area contributed by atoms with Crippen LogP contribution in [0.3, 0.4) is 0 Å². The Morgan fingerprint density at radius 2 is 1.96 bits per heavy atom. The number of nitrogens with one attached hydrogen (secondary N) is 2. The zero-order valence-corrected chi connectivity index (χ0v) is 15.2.